The number of likely N-dealkylation sites (N-methyl/N-ethyl adjacent to an activating group) is 1. The van der Waals surface area contributed by atoms with Gasteiger partial charge >= 0.3 is 6.03 Å². The molecule has 0 aliphatic rings. The minimum Gasteiger partial charge on any atom is -0.373 e. The first-order valence-corrected chi connectivity index (χ1v) is 9.35. The van der Waals surface area contributed by atoms with Crippen LogP contribution >= 0.6 is 0 Å². The molecule has 7 heteroatoms. The second-order valence-electron chi connectivity index (χ2n) is 6.53. The largest absolute Gasteiger partial charge is 0.373 e. The highest BCUT2D eigenvalue weighted by Crippen LogP contribution is 2.10. The van der Waals surface area contributed by atoms with Crippen molar-refractivity contribution in [3.63, 3.8) is 0 Å². The summed E-state index contributed by atoms with van der Waals surface area (Å²) in [7, 11) is 1.99. The van der Waals surface area contributed by atoms with Gasteiger partial charge in [-0.2, -0.15) is 0 Å². The van der Waals surface area contributed by atoms with Crippen molar-refractivity contribution >= 4 is 22.6 Å². The van der Waals surface area contributed by atoms with Crippen LogP contribution < -0.4 is 15.8 Å². The van der Waals surface area contributed by atoms with E-state index in [0.717, 1.165) is 5.69 Å². The van der Waals surface area contributed by atoms with Gasteiger partial charge in [-0.05, 0) is 31.2 Å². The van der Waals surface area contributed by atoms with Crippen LogP contribution in [-0.2, 0) is 6.54 Å². The summed E-state index contributed by atoms with van der Waals surface area (Å²) in [4.78, 5) is 35.7. The summed E-state index contributed by atoms with van der Waals surface area (Å²) in [6, 6.07) is 17.0. The Morgan fingerprint density at radius 3 is 2.57 bits per heavy atom. The Morgan fingerprint density at radius 1 is 1.11 bits per heavy atom. The number of hydrogen-bond donors (Lipinski definition) is 2. The molecule has 0 bridgehead atoms. The average Bonchev–Trinajstić information content (AvgIpc) is 2.72. The number of para-hydroxylation sites is 2. The summed E-state index contributed by atoms with van der Waals surface area (Å²) in [5, 5.41) is 3.48. The van der Waals surface area contributed by atoms with Gasteiger partial charge < -0.3 is 20.1 Å². The number of carbonyl (C=O) groups excluding carboxylic acids is 1. The van der Waals surface area contributed by atoms with Crippen molar-refractivity contribution in [3.05, 3.63) is 70.8 Å². The van der Waals surface area contributed by atoms with Crippen molar-refractivity contribution < 1.29 is 4.79 Å². The molecule has 2 amide bonds. The Morgan fingerprint density at radius 2 is 1.82 bits per heavy atom. The number of carbonyl (C=O) groups is 1. The lowest BCUT2D eigenvalue weighted by Crippen LogP contribution is -2.42. The zero-order chi connectivity index (χ0) is 19.9. The van der Waals surface area contributed by atoms with Gasteiger partial charge in [0.15, 0.2) is 0 Å². The molecule has 0 unspecified atom stereocenters. The van der Waals surface area contributed by atoms with E-state index in [1.807, 2.05) is 50.4 Å². The number of urea groups is 1. The van der Waals surface area contributed by atoms with Crippen LogP contribution in [0.25, 0.3) is 10.9 Å². The van der Waals surface area contributed by atoms with Crippen LogP contribution in [0.4, 0.5) is 10.5 Å². The van der Waals surface area contributed by atoms with E-state index in [0.29, 0.717) is 36.4 Å². The molecule has 28 heavy (non-hydrogen) atoms. The molecular weight excluding hydrogens is 354 g/mol. The van der Waals surface area contributed by atoms with Crippen LogP contribution in [0.15, 0.2) is 59.4 Å². The number of aromatic amines is 1. The normalized spacial score (nSPS) is 10.6. The second kappa shape index (κ2) is 9.03. The molecule has 0 radical (unpaired) electrons. The van der Waals surface area contributed by atoms with E-state index in [1.165, 1.54) is 0 Å². The highest BCUT2D eigenvalue weighted by Gasteiger charge is 2.14. The van der Waals surface area contributed by atoms with Gasteiger partial charge in [0.05, 0.1) is 17.4 Å². The number of H-pyrrole nitrogens is 1. The average molecular weight is 379 g/mol. The Labute approximate surface area is 164 Å². The summed E-state index contributed by atoms with van der Waals surface area (Å²) in [5.41, 5.74) is 1.53. The van der Waals surface area contributed by atoms with Crippen LogP contribution in [-0.4, -0.2) is 47.6 Å². The predicted molar refractivity (Wildman–Crippen MR) is 112 cm³/mol. The topological polar surface area (TPSA) is 81.3 Å². The van der Waals surface area contributed by atoms with Crippen molar-refractivity contribution in [1.29, 1.82) is 0 Å². The quantitative estimate of drug-likeness (QED) is 0.661. The third-order valence-electron chi connectivity index (χ3n) is 4.59. The second-order valence-corrected chi connectivity index (χ2v) is 6.53. The zero-order valence-corrected chi connectivity index (χ0v) is 16.2. The molecule has 7 nitrogen and oxygen atoms in total. The van der Waals surface area contributed by atoms with E-state index in [4.69, 9.17) is 0 Å². The van der Waals surface area contributed by atoms with E-state index in [1.54, 1.807) is 23.1 Å². The van der Waals surface area contributed by atoms with Gasteiger partial charge in [-0.25, -0.2) is 9.78 Å². The number of hydrogen-bond acceptors (Lipinski definition) is 4. The lowest BCUT2D eigenvalue weighted by atomic mass is 10.2. The van der Waals surface area contributed by atoms with Gasteiger partial charge in [-0.3, -0.25) is 4.79 Å². The number of nitrogens with zero attached hydrogens (tertiary/aromatic N) is 3. The maximum atomic E-state index is 12.5. The fraction of sp³-hybridized carbons (Fsp3) is 0.286. The van der Waals surface area contributed by atoms with Crippen molar-refractivity contribution in [2.75, 3.05) is 31.6 Å². The Hall–Kier alpha value is -3.35. The third kappa shape index (κ3) is 4.68. The minimum absolute atomic E-state index is 0.181. The molecule has 0 spiro atoms. The highest BCUT2D eigenvalue weighted by molar-refractivity contribution is 5.77. The van der Waals surface area contributed by atoms with Gasteiger partial charge in [0.1, 0.15) is 5.82 Å². The molecule has 0 aliphatic heterocycles. The summed E-state index contributed by atoms with van der Waals surface area (Å²) < 4.78 is 0. The first-order valence-electron chi connectivity index (χ1n) is 9.35. The number of rotatable bonds is 7. The number of nitrogens with one attached hydrogen (secondary N) is 2. The summed E-state index contributed by atoms with van der Waals surface area (Å²) in [6.07, 6.45) is 0. The summed E-state index contributed by atoms with van der Waals surface area (Å²) >= 11 is 0. The molecule has 1 aromatic heterocycles. The lowest BCUT2D eigenvalue weighted by Gasteiger charge is -2.23. The van der Waals surface area contributed by atoms with E-state index < -0.39 is 0 Å². The fourth-order valence-corrected chi connectivity index (χ4v) is 2.97. The Kier molecular flexibility index (Phi) is 6.26. The van der Waals surface area contributed by atoms with Gasteiger partial charge in [0.25, 0.3) is 5.56 Å². The molecule has 3 rings (SSSR count). The van der Waals surface area contributed by atoms with Crippen LogP contribution in [0.2, 0.25) is 0 Å². The number of amides is 2. The maximum absolute atomic E-state index is 12.5. The molecule has 2 aromatic carbocycles. The molecule has 0 atom stereocenters. The fourth-order valence-electron chi connectivity index (χ4n) is 2.97. The molecule has 0 saturated carbocycles. The summed E-state index contributed by atoms with van der Waals surface area (Å²) in [5.74, 6) is 0.474. The molecule has 1 heterocycles. The van der Waals surface area contributed by atoms with Gasteiger partial charge in [-0.15, -0.1) is 0 Å². The third-order valence-corrected chi connectivity index (χ3v) is 4.59. The first-order chi connectivity index (χ1) is 13.6. The van der Waals surface area contributed by atoms with E-state index >= 15 is 0 Å². The smallest absolute Gasteiger partial charge is 0.317 e. The first kappa shape index (κ1) is 19.4. The minimum atomic E-state index is -0.193. The molecule has 2 N–H and O–H groups in total. The molecular formula is C21H25N5O2. The van der Waals surface area contributed by atoms with E-state index in [-0.39, 0.29) is 18.1 Å². The number of aromatic nitrogens is 2. The van der Waals surface area contributed by atoms with Crippen LogP contribution in [0.1, 0.15) is 12.7 Å². The van der Waals surface area contributed by atoms with Crippen molar-refractivity contribution in [3.8, 4) is 0 Å². The summed E-state index contributed by atoms with van der Waals surface area (Å²) in [6.45, 7) is 3.86. The van der Waals surface area contributed by atoms with E-state index in [9.17, 15) is 9.59 Å². The number of fused-ring (bicyclic) bond motifs is 1. The van der Waals surface area contributed by atoms with Crippen molar-refractivity contribution in [1.82, 2.24) is 20.2 Å². The Balaban J connectivity index is 1.59. The van der Waals surface area contributed by atoms with Gasteiger partial charge in [-0.1, -0.05) is 30.3 Å². The molecule has 3 aromatic rings. The van der Waals surface area contributed by atoms with Crippen LogP contribution in [0, 0.1) is 0 Å². The van der Waals surface area contributed by atoms with Gasteiger partial charge in [0.2, 0.25) is 0 Å². The van der Waals surface area contributed by atoms with Crippen molar-refractivity contribution in [2.45, 2.75) is 13.5 Å². The Bertz CT molecular complexity index is 987. The van der Waals surface area contributed by atoms with E-state index in [2.05, 4.69) is 20.2 Å². The maximum Gasteiger partial charge on any atom is 0.317 e. The molecule has 0 fully saturated rings. The zero-order valence-electron chi connectivity index (χ0n) is 16.2. The number of benzene rings is 2. The van der Waals surface area contributed by atoms with Crippen LogP contribution in [0.5, 0.6) is 0 Å². The molecule has 146 valence electrons. The monoisotopic (exact) mass is 379 g/mol. The highest BCUT2D eigenvalue weighted by atomic mass is 16.2. The predicted octanol–water partition coefficient (Wildman–Crippen LogP) is 2.59. The SMILES string of the molecule is CCN(Cc1nc2ccccc2c(=O)[nH]1)C(=O)NCCN(C)c1ccccc1. The standard InChI is InChI=1S/C21H25N5O2/c1-3-26(15-19-23-18-12-8-7-11-17(18)20(27)24-19)21(28)22-13-14-25(2)16-9-5-4-6-10-16/h4-12H,3,13-15H2,1-2H3,(H,22,28)(H,23,24,27). The van der Waals surface area contributed by atoms with Crippen molar-refractivity contribution in [2.24, 2.45) is 0 Å². The lowest BCUT2D eigenvalue weighted by molar-refractivity contribution is 0.197. The van der Waals surface area contributed by atoms with Crippen LogP contribution in [0.3, 0.4) is 0 Å². The van der Waals surface area contributed by atoms with Gasteiger partial charge in [0, 0.05) is 32.4 Å². The molecule has 0 aliphatic carbocycles. The number of anilines is 1. The molecule has 0 saturated heterocycles.